The summed E-state index contributed by atoms with van der Waals surface area (Å²) in [5, 5.41) is 0. The fraction of sp³-hybridized carbons (Fsp3) is 0.805. The second-order valence-corrected chi connectivity index (χ2v) is 24.5. The zero-order valence-corrected chi connectivity index (χ0v) is 55.5. The minimum atomic E-state index is -0.794. The topological polar surface area (TPSA) is 78.9 Å². The molecule has 1 unspecified atom stereocenters. The van der Waals surface area contributed by atoms with Crippen LogP contribution in [0.3, 0.4) is 0 Å². The molecule has 0 radical (unpaired) electrons. The summed E-state index contributed by atoms with van der Waals surface area (Å²) >= 11 is 0. The fourth-order valence-corrected chi connectivity index (χ4v) is 10.7. The lowest BCUT2D eigenvalue weighted by atomic mass is 10.0. The molecule has 1 atom stereocenters. The van der Waals surface area contributed by atoms with Crippen LogP contribution in [0.25, 0.3) is 0 Å². The molecule has 0 aliphatic rings. The molecule has 0 heterocycles. The summed E-state index contributed by atoms with van der Waals surface area (Å²) < 4.78 is 17.0. The quantitative estimate of drug-likeness (QED) is 0.0261. The highest BCUT2D eigenvalue weighted by atomic mass is 16.6. The maximum Gasteiger partial charge on any atom is 0.306 e. The Morgan fingerprint density at radius 1 is 0.253 bits per heavy atom. The highest BCUT2D eigenvalue weighted by Crippen LogP contribution is 2.18. The number of hydrogen-bond acceptors (Lipinski definition) is 6. The van der Waals surface area contributed by atoms with E-state index in [2.05, 4.69) is 93.7 Å². The van der Waals surface area contributed by atoms with Gasteiger partial charge in [0.25, 0.3) is 0 Å². The smallest absolute Gasteiger partial charge is 0.306 e. The van der Waals surface area contributed by atoms with Crippen molar-refractivity contribution < 1.29 is 28.6 Å². The lowest BCUT2D eigenvalue weighted by Gasteiger charge is -2.18. The summed E-state index contributed by atoms with van der Waals surface area (Å²) in [6.45, 7) is 6.55. The van der Waals surface area contributed by atoms with Crippen LogP contribution in [0, 0.1) is 0 Å². The lowest BCUT2D eigenvalue weighted by molar-refractivity contribution is -0.167. The van der Waals surface area contributed by atoms with E-state index in [4.69, 9.17) is 14.2 Å². The predicted molar refractivity (Wildman–Crippen MR) is 362 cm³/mol. The van der Waals surface area contributed by atoms with Gasteiger partial charge in [0.15, 0.2) is 6.10 Å². The zero-order valence-electron chi connectivity index (χ0n) is 55.5. The highest BCUT2D eigenvalue weighted by molar-refractivity contribution is 5.71. The third-order valence-corrected chi connectivity index (χ3v) is 16.2. The minimum absolute atomic E-state index is 0.0859. The van der Waals surface area contributed by atoms with Gasteiger partial charge < -0.3 is 14.2 Å². The van der Waals surface area contributed by atoms with Crippen molar-refractivity contribution in [3.8, 4) is 0 Å². The second-order valence-electron chi connectivity index (χ2n) is 24.5. The van der Waals surface area contributed by atoms with Gasteiger partial charge in [0.1, 0.15) is 13.2 Å². The van der Waals surface area contributed by atoms with Gasteiger partial charge in [0, 0.05) is 19.3 Å². The molecule has 6 nitrogen and oxygen atoms in total. The molecular formula is C77H138O6. The van der Waals surface area contributed by atoms with Gasteiger partial charge in [-0.2, -0.15) is 0 Å². The predicted octanol–water partition coefficient (Wildman–Crippen LogP) is 25.2. The normalized spacial score (nSPS) is 12.5. The van der Waals surface area contributed by atoms with Crippen LogP contribution in [-0.2, 0) is 28.6 Å². The van der Waals surface area contributed by atoms with Crippen molar-refractivity contribution in [3.63, 3.8) is 0 Å². The Kier molecular flexibility index (Phi) is 68.6. The number of carbonyl (C=O) groups is 3. The molecule has 0 aromatic rings. The molecule has 0 rings (SSSR count). The maximum absolute atomic E-state index is 13.0. The molecule has 0 N–H and O–H groups in total. The summed E-state index contributed by atoms with van der Waals surface area (Å²) in [5.41, 5.74) is 0. The monoisotopic (exact) mass is 1160 g/mol. The van der Waals surface area contributed by atoms with E-state index in [1.807, 2.05) is 0 Å². The van der Waals surface area contributed by atoms with E-state index in [1.165, 1.54) is 257 Å². The Hall–Kier alpha value is -3.15. The fourth-order valence-electron chi connectivity index (χ4n) is 10.7. The summed E-state index contributed by atoms with van der Waals surface area (Å²) in [6, 6.07) is 0. The molecule has 83 heavy (non-hydrogen) atoms. The van der Waals surface area contributed by atoms with Crippen molar-refractivity contribution in [3.05, 3.63) is 72.9 Å². The van der Waals surface area contributed by atoms with Crippen LogP contribution in [0.5, 0.6) is 0 Å². The Bertz CT molecular complexity index is 1520. The number of hydrogen-bond donors (Lipinski definition) is 0. The van der Waals surface area contributed by atoms with Crippen LogP contribution in [0.2, 0.25) is 0 Å². The number of unbranched alkanes of at least 4 members (excludes halogenated alkanes) is 44. The summed E-state index contributed by atoms with van der Waals surface area (Å²) in [7, 11) is 0. The van der Waals surface area contributed by atoms with Crippen molar-refractivity contribution in [1.29, 1.82) is 0 Å². The second kappa shape index (κ2) is 71.3. The van der Waals surface area contributed by atoms with Gasteiger partial charge in [-0.05, 0) is 109 Å². The first kappa shape index (κ1) is 79.8. The molecule has 0 bridgehead atoms. The third-order valence-electron chi connectivity index (χ3n) is 16.2. The largest absolute Gasteiger partial charge is 0.462 e. The van der Waals surface area contributed by atoms with Crippen molar-refractivity contribution >= 4 is 17.9 Å². The van der Waals surface area contributed by atoms with Gasteiger partial charge in [-0.25, -0.2) is 0 Å². The zero-order chi connectivity index (χ0) is 59.9. The Morgan fingerprint density at radius 3 is 0.771 bits per heavy atom. The first-order chi connectivity index (χ1) is 41.0. The average Bonchev–Trinajstić information content (AvgIpc) is 3.49. The Labute approximate surface area is 516 Å². The third kappa shape index (κ3) is 69.5. The molecule has 0 spiro atoms. The van der Waals surface area contributed by atoms with Crippen molar-refractivity contribution in [1.82, 2.24) is 0 Å². The standard InChI is InChI=1S/C77H138O6/c1-4-7-10-13-16-19-22-25-28-30-32-34-36-37-38-39-41-42-44-46-49-52-55-58-61-64-67-70-76(79)82-73-74(72-81-75(78)69-66-63-60-57-54-51-48-27-24-21-18-15-12-9-6-3)83-77(80)71-68-65-62-59-56-53-50-47-45-43-40-35-33-31-29-26-23-20-17-14-11-8-5-2/h9,12,18,21,27,30-33,48,54,57,74H,4-8,10-11,13-17,19-20,22-26,28-29,34-47,49-53,55-56,58-73H2,1-3H3/b12-9-,21-18-,32-30-,33-31-,48-27-,57-54-. The number of rotatable bonds is 67. The van der Waals surface area contributed by atoms with E-state index < -0.39 is 6.10 Å². The Morgan fingerprint density at radius 2 is 0.470 bits per heavy atom. The van der Waals surface area contributed by atoms with Crippen molar-refractivity contribution in [2.24, 2.45) is 0 Å². The van der Waals surface area contributed by atoms with E-state index in [0.29, 0.717) is 19.3 Å². The molecule has 0 saturated heterocycles. The van der Waals surface area contributed by atoms with Gasteiger partial charge >= 0.3 is 17.9 Å². The molecule has 0 fully saturated rings. The molecule has 482 valence electrons. The number of allylic oxidation sites excluding steroid dienone is 12. The summed E-state index contributed by atoms with van der Waals surface area (Å²) in [5.74, 6) is -0.908. The van der Waals surface area contributed by atoms with E-state index in [0.717, 1.165) is 83.5 Å². The van der Waals surface area contributed by atoms with E-state index in [-0.39, 0.29) is 31.1 Å². The summed E-state index contributed by atoms with van der Waals surface area (Å²) in [6.07, 6.45) is 93.8. The van der Waals surface area contributed by atoms with Crippen molar-refractivity contribution in [2.75, 3.05) is 13.2 Å². The highest BCUT2D eigenvalue weighted by Gasteiger charge is 2.19. The minimum Gasteiger partial charge on any atom is -0.462 e. The molecular weight excluding hydrogens is 1020 g/mol. The van der Waals surface area contributed by atoms with Gasteiger partial charge in [-0.1, -0.05) is 325 Å². The van der Waals surface area contributed by atoms with Crippen molar-refractivity contribution in [2.45, 2.75) is 386 Å². The van der Waals surface area contributed by atoms with Gasteiger partial charge in [-0.3, -0.25) is 14.4 Å². The first-order valence-electron chi connectivity index (χ1n) is 36.4. The van der Waals surface area contributed by atoms with Crippen LogP contribution in [-0.4, -0.2) is 37.2 Å². The van der Waals surface area contributed by atoms with E-state index in [9.17, 15) is 14.4 Å². The molecule has 0 aliphatic carbocycles. The molecule has 0 amide bonds. The number of ether oxygens (including phenoxy) is 3. The molecule has 0 aromatic heterocycles. The first-order valence-corrected chi connectivity index (χ1v) is 36.4. The Balaban J connectivity index is 4.29. The lowest BCUT2D eigenvalue weighted by Crippen LogP contribution is -2.30. The van der Waals surface area contributed by atoms with Gasteiger partial charge in [-0.15, -0.1) is 0 Å². The maximum atomic E-state index is 13.0. The number of esters is 3. The molecule has 6 heteroatoms. The SMILES string of the molecule is CC/C=C\C/C=C\C/C=C\C/C=C\CCCCC(=O)OCC(COC(=O)CCCCCCCCCCCCCCCCC/C=C\CCCCCCCCCC)OC(=O)CCCCCCCCCCCCC/C=C\CCCCCCCCCC. The van der Waals surface area contributed by atoms with E-state index >= 15 is 0 Å². The van der Waals surface area contributed by atoms with Crippen LogP contribution in [0.15, 0.2) is 72.9 Å². The van der Waals surface area contributed by atoms with Gasteiger partial charge in [0.2, 0.25) is 0 Å². The molecule has 0 saturated carbocycles. The van der Waals surface area contributed by atoms with Crippen LogP contribution in [0.4, 0.5) is 0 Å². The summed E-state index contributed by atoms with van der Waals surface area (Å²) in [4.78, 5) is 38.5. The number of carbonyl (C=O) groups excluding carboxylic acids is 3. The van der Waals surface area contributed by atoms with Crippen LogP contribution < -0.4 is 0 Å². The average molecular weight is 1160 g/mol. The van der Waals surface area contributed by atoms with Crippen LogP contribution in [0.1, 0.15) is 380 Å². The van der Waals surface area contributed by atoms with Gasteiger partial charge in [0.05, 0.1) is 0 Å². The van der Waals surface area contributed by atoms with E-state index in [1.54, 1.807) is 0 Å². The van der Waals surface area contributed by atoms with Crippen LogP contribution >= 0.6 is 0 Å². The molecule has 0 aliphatic heterocycles. The molecule has 0 aromatic carbocycles.